The van der Waals surface area contributed by atoms with Gasteiger partial charge in [0.2, 0.25) is 5.91 Å². The zero-order chi connectivity index (χ0) is 20.0. The van der Waals surface area contributed by atoms with Crippen LogP contribution in [-0.2, 0) is 9.53 Å². The molecule has 0 atom stereocenters. The molecule has 1 fully saturated rings. The van der Waals surface area contributed by atoms with Crippen LogP contribution in [0.2, 0.25) is 0 Å². The van der Waals surface area contributed by atoms with E-state index in [-0.39, 0.29) is 11.8 Å². The molecule has 8 nitrogen and oxygen atoms in total. The average molecular weight is 392 g/mol. The highest BCUT2D eigenvalue weighted by Gasteiger charge is 2.18. The Morgan fingerprint density at radius 1 is 1.18 bits per heavy atom. The van der Waals surface area contributed by atoms with E-state index in [1.807, 2.05) is 0 Å². The van der Waals surface area contributed by atoms with Crippen LogP contribution in [0.3, 0.4) is 0 Å². The zero-order valence-electron chi connectivity index (χ0n) is 16.9. The van der Waals surface area contributed by atoms with Crippen molar-refractivity contribution in [3.63, 3.8) is 0 Å². The van der Waals surface area contributed by atoms with Gasteiger partial charge >= 0.3 is 0 Å². The highest BCUT2D eigenvalue weighted by molar-refractivity contribution is 5.92. The van der Waals surface area contributed by atoms with Crippen LogP contribution < -0.4 is 5.32 Å². The zero-order valence-corrected chi connectivity index (χ0v) is 16.9. The molecule has 2 rings (SSSR count). The quantitative estimate of drug-likeness (QED) is 0.541. The maximum atomic E-state index is 12.7. The summed E-state index contributed by atoms with van der Waals surface area (Å²) in [4.78, 5) is 37.0. The van der Waals surface area contributed by atoms with E-state index in [2.05, 4.69) is 27.1 Å². The minimum atomic E-state index is -0.161. The van der Waals surface area contributed by atoms with Gasteiger partial charge in [-0.15, -0.1) is 0 Å². The Labute approximate surface area is 167 Å². The molecule has 0 radical (unpaired) electrons. The molecule has 1 aliphatic rings. The molecule has 2 heterocycles. The van der Waals surface area contributed by atoms with Gasteiger partial charge in [0.05, 0.1) is 19.4 Å². The fraction of sp³-hybridized carbons (Fsp3) is 0.700. The van der Waals surface area contributed by atoms with Crippen molar-refractivity contribution in [2.45, 2.75) is 39.0 Å². The lowest BCUT2D eigenvalue weighted by molar-refractivity contribution is -0.121. The van der Waals surface area contributed by atoms with Gasteiger partial charge in [0.15, 0.2) is 0 Å². The first kappa shape index (κ1) is 22.2. The molecule has 0 unspecified atom stereocenters. The maximum Gasteiger partial charge on any atom is 0.274 e. The fourth-order valence-electron chi connectivity index (χ4n) is 3.12. The Balaban J connectivity index is 1.76. The molecule has 0 aliphatic carbocycles. The third kappa shape index (κ3) is 8.31. The summed E-state index contributed by atoms with van der Waals surface area (Å²) in [5.74, 6) is -0.190. The molecule has 0 saturated carbocycles. The van der Waals surface area contributed by atoms with E-state index in [9.17, 15) is 9.59 Å². The van der Waals surface area contributed by atoms with Crippen molar-refractivity contribution in [2.24, 2.45) is 0 Å². The molecule has 1 N–H and O–H groups in total. The van der Waals surface area contributed by atoms with Gasteiger partial charge in [-0.1, -0.05) is 26.2 Å². The number of rotatable bonds is 12. The molecule has 1 aromatic heterocycles. The second-order valence-electron chi connectivity index (χ2n) is 7.00. The maximum absolute atomic E-state index is 12.7. The van der Waals surface area contributed by atoms with E-state index in [1.54, 1.807) is 11.1 Å². The minimum Gasteiger partial charge on any atom is -0.379 e. The van der Waals surface area contributed by atoms with E-state index in [1.165, 1.54) is 12.4 Å². The second kappa shape index (κ2) is 13.2. The fourth-order valence-corrected chi connectivity index (χ4v) is 3.12. The summed E-state index contributed by atoms with van der Waals surface area (Å²) in [6.45, 7) is 7.96. The number of nitrogens with zero attached hydrogens (tertiary/aromatic N) is 4. The van der Waals surface area contributed by atoms with E-state index in [0.717, 1.165) is 58.5 Å². The molecule has 2 amide bonds. The average Bonchev–Trinajstić information content (AvgIpc) is 2.74. The second-order valence-corrected chi connectivity index (χ2v) is 7.00. The van der Waals surface area contributed by atoms with Crippen molar-refractivity contribution >= 4 is 11.8 Å². The van der Waals surface area contributed by atoms with E-state index < -0.39 is 0 Å². The number of carbonyl (C=O) groups is 2. The van der Waals surface area contributed by atoms with Crippen LogP contribution in [0, 0.1) is 0 Å². The molecule has 1 saturated heterocycles. The van der Waals surface area contributed by atoms with E-state index >= 15 is 0 Å². The lowest BCUT2D eigenvalue weighted by Gasteiger charge is -2.26. The lowest BCUT2D eigenvalue weighted by Crippen LogP contribution is -2.42. The number of aromatic nitrogens is 2. The number of morpholine rings is 1. The first-order valence-electron chi connectivity index (χ1n) is 10.3. The molecule has 156 valence electrons. The van der Waals surface area contributed by atoms with Crippen LogP contribution in [0.25, 0.3) is 0 Å². The summed E-state index contributed by atoms with van der Waals surface area (Å²) in [6, 6.07) is 0. The predicted molar refractivity (Wildman–Crippen MR) is 107 cm³/mol. The van der Waals surface area contributed by atoms with Crippen LogP contribution in [0.5, 0.6) is 0 Å². The predicted octanol–water partition coefficient (Wildman–Crippen LogP) is 1.34. The summed E-state index contributed by atoms with van der Waals surface area (Å²) in [5.41, 5.74) is 0.325. The van der Waals surface area contributed by atoms with Gasteiger partial charge in [0.1, 0.15) is 5.69 Å². The largest absolute Gasteiger partial charge is 0.379 e. The summed E-state index contributed by atoms with van der Waals surface area (Å²) >= 11 is 0. The summed E-state index contributed by atoms with van der Waals surface area (Å²) in [5, 5.41) is 2.95. The number of unbranched alkanes of at least 4 members (excludes halogenated alkanes) is 3. The topological polar surface area (TPSA) is 87.7 Å². The molecular weight excluding hydrogens is 358 g/mol. The third-order valence-corrected chi connectivity index (χ3v) is 4.81. The van der Waals surface area contributed by atoms with Gasteiger partial charge in [-0.25, -0.2) is 4.98 Å². The smallest absolute Gasteiger partial charge is 0.274 e. The van der Waals surface area contributed by atoms with Crippen molar-refractivity contribution in [3.05, 3.63) is 24.3 Å². The lowest BCUT2D eigenvalue weighted by atomic mass is 10.2. The molecule has 1 aliphatic heterocycles. The van der Waals surface area contributed by atoms with Gasteiger partial charge in [-0.3, -0.25) is 19.5 Å². The monoisotopic (exact) mass is 391 g/mol. The van der Waals surface area contributed by atoms with Crippen molar-refractivity contribution in [1.29, 1.82) is 0 Å². The van der Waals surface area contributed by atoms with Crippen LogP contribution in [-0.4, -0.2) is 84.1 Å². The Morgan fingerprint density at radius 3 is 2.71 bits per heavy atom. The molecule has 0 spiro atoms. The first-order chi connectivity index (χ1) is 13.7. The van der Waals surface area contributed by atoms with Gasteiger partial charge < -0.3 is 15.0 Å². The number of amides is 2. The Morgan fingerprint density at radius 2 is 2.00 bits per heavy atom. The minimum absolute atomic E-state index is 0.0289. The van der Waals surface area contributed by atoms with E-state index in [0.29, 0.717) is 31.7 Å². The van der Waals surface area contributed by atoms with Crippen molar-refractivity contribution in [2.75, 3.05) is 52.5 Å². The SMILES string of the molecule is CCCCCCN(CCC(=O)NCCN1CCOCC1)C(=O)c1cnccn1. The highest BCUT2D eigenvalue weighted by atomic mass is 16.5. The molecule has 8 heteroatoms. The Bertz CT molecular complexity index is 578. The number of ether oxygens (including phenoxy) is 1. The van der Waals surface area contributed by atoms with Crippen molar-refractivity contribution < 1.29 is 14.3 Å². The first-order valence-corrected chi connectivity index (χ1v) is 10.3. The van der Waals surface area contributed by atoms with Crippen LogP contribution in [0.4, 0.5) is 0 Å². The van der Waals surface area contributed by atoms with Gasteiger partial charge in [-0.2, -0.15) is 0 Å². The number of hydrogen-bond donors (Lipinski definition) is 1. The van der Waals surface area contributed by atoms with Crippen molar-refractivity contribution in [1.82, 2.24) is 25.1 Å². The van der Waals surface area contributed by atoms with Crippen LogP contribution in [0.15, 0.2) is 18.6 Å². The van der Waals surface area contributed by atoms with Gasteiger partial charge in [-0.05, 0) is 6.42 Å². The van der Waals surface area contributed by atoms with E-state index in [4.69, 9.17) is 4.74 Å². The Kier molecular flexibility index (Phi) is 10.5. The molecular formula is C20H33N5O3. The summed E-state index contributed by atoms with van der Waals surface area (Å²) in [6.07, 6.45) is 9.13. The highest BCUT2D eigenvalue weighted by Crippen LogP contribution is 2.06. The normalized spacial score (nSPS) is 14.6. The summed E-state index contributed by atoms with van der Waals surface area (Å²) < 4.78 is 5.32. The number of carbonyl (C=O) groups excluding carboxylic acids is 2. The summed E-state index contributed by atoms with van der Waals surface area (Å²) in [7, 11) is 0. The number of hydrogen-bond acceptors (Lipinski definition) is 6. The molecule has 28 heavy (non-hydrogen) atoms. The Hall–Kier alpha value is -2.06. The van der Waals surface area contributed by atoms with Crippen molar-refractivity contribution in [3.8, 4) is 0 Å². The van der Waals surface area contributed by atoms with Gasteiger partial charge in [0, 0.05) is 58.1 Å². The van der Waals surface area contributed by atoms with Crippen LogP contribution >= 0.6 is 0 Å². The molecule has 0 aromatic carbocycles. The van der Waals surface area contributed by atoms with Gasteiger partial charge in [0.25, 0.3) is 5.91 Å². The third-order valence-electron chi connectivity index (χ3n) is 4.81. The van der Waals surface area contributed by atoms with Crippen LogP contribution in [0.1, 0.15) is 49.5 Å². The molecule has 1 aromatic rings. The molecule has 0 bridgehead atoms. The standard InChI is InChI=1S/C20H33N5O3/c1-2-3-4-5-10-25(20(27)18-17-21-7-8-22-18)11-6-19(26)23-9-12-24-13-15-28-16-14-24/h7-8,17H,2-6,9-16H2,1H3,(H,23,26). The number of nitrogens with one attached hydrogen (secondary N) is 1.